The number of nitrogens with one attached hydrogen (secondary N) is 1. The predicted octanol–water partition coefficient (Wildman–Crippen LogP) is 2.28. The van der Waals surface area contributed by atoms with Gasteiger partial charge in [0.05, 0.1) is 17.8 Å². The van der Waals surface area contributed by atoms with E-state index in [-0.39, 0.29) is 6.54 Å². The maximum atomic E-state index is 12.3. The van der Waals surface area contributed by atoms with Crippen LogP contribution in [0.5, 0.6) is 5.88 Å². The first-order valence-electron chi connectivity index (χ1n) is 5.66. The van der Waals surface area contributed by atoms with E-state index >= 15 is 0 Å². The number of nitrogens with zero attached hydrogens (tertiary/aromatic N) is 3. The molecule has 5 nitrogen and oxygen atoms in total. The summed E-state index contributed by atoms with van der Waals surface area (Å²) in [6.07, 6.45) is -2.06. The average Bonchev–Trinajstić information content (AvgIpc) is 2.38. The Morgan fingerprint density at radius 2 is 2.00 bits per heavy atom. The number of alkyl halides is 3. The number of rotatable bonds is 4. The molecule has 2 aromatic heterocycles. The lowest BCUT2D eigenvalue weighted by Crippen LogP contribution is -2.19. The van der Waals surface area contributed by atoms with Gasteiger partial charge < -0.3 is 4.84 Å². The maximum Gasteiger partial charge on any atom is 0.417 e. The molecule has 106 valence electrons. The quantitative estimate of drug-likeness (QED) is 0.873. The fourth-order valence-corrected chi connectivity index (χ4v) is 1.37. The van der Waals surface area contributed by atoms with Gasteiger partial charge in [-0.1, -0.05) is 0 Å². The van der Waals surface area contributed by atoms with Gasteiger partial charge in [0.2, 0.25) is 5.88 Å². The van der Waals surface area contributed by atoms with Gasteiger partial charge in [0, 0.05) is 18.5 Å². The highest BCUT2D eigenvalue weighted by molar-refractivity contribution is 5.16. The summed E-state index contributed by atoms with van der Waals surface area (Å²) in [7, 11) is 0. The molecule has 0 spiro atoms. The van der Waals surface area contributed by atoms with E-state index < -0.39 is 11.7 Å². The van der Waals surface area contributed by atoms with Gasteiger partial charge in [-0.3, -0.25) is 4.98 Å². The molecule has 8 heteroatoms. The summed E-state index contributed by atoms with van der Waals surface area (Å²) < 4.78 is 37.0. The Labute approximate surface area is 112 Å². The summed E-state index contributed by atoms with van der Waals surface area (Å²) in [5.74, 6) is 0.876. The lowest BCUT2D eigenvalue weighted by Gasteiger charge is -2.08. The Morgan fingerprint density at radius 1 is 1.20 bits per heavy atom. The first kappa shape index (κ1) is 14.2. The molecule has 0 amide bonds. The number of pyridine rings is 1. The minimum Gasteiger partial charge on any atom is -0.388 e. The second-order valence-corrected chi connectivity index (χ2v) is 3.90. The van der Waals surface area contributed by atoms with Crippen LogP contribution >= 0.6 is 0 Å². The second-order valence-electron chi connectivity index (χ2n) is 3.90. The second kappa shape index (κ2) is 5.83. The molecule has 20 heavy (non-hydrogen) atoms. The first-order chi connectivity index (χ1) is 9.45. The number of halogens is 3. The van der Waals surface area contributed by atoms with Crippen LogP contribution < -0.4 is 10.3 Å². The lowest BCUT2D eigenvalue weighted by atomic mass is 10.2. The fraction of sp³-hybridized carbons (Fsp3) is 0.250. The number of hydroxylamine groups is 1. The van der Waals surface area contributed by atoms with Gasteiger partial charge in [-0.25, -0.2) is 4.98 Å². The van der Waals surface area contributed by atoms with E-state index in [0.29, 0.717) is 17.4 Å². The van der Waals surface area contributed by atoms with Crippen LogP contribution in [0.2, 0.25) is 0 Å². The summed E-state index contributed by atoms with van der Waals surface area (Å²) >= 11 is 0. The first-order valence-corrected chi connectivity index (χ1v) is 5.66. The zero-order valence-corrected chi connectivity index (χ0v) is 10.5. The van der Waals surface area contributed by atoms with E-state index in [2.05, 4.69) is 20.4 Å². The molecule has 0 fully saturated rings. The van der Waals surface area contributed by atoms with Crippen LogP contribution in [0.25, 0.3) is 0 Å². The molecule has 0 saturated heterocycles. The zero-order chi connectivity index (χ0) is 14.6. The van der Waals surface area contributed by atoms with Gasteiger partial charge in [-0.2, -0.15) is 18.2 Å². The van der Waals surface area contributed by atoms with Crippen LogP contribution in [0.3, 0.4) is 0 Å². The molecule has 0 bridgehead atoms. The third-order valence-electron chi connectivity index (χ3n) is 2.33. The van der Waals surface area contributed by atoms with Crippen LogP contribution in [0.1, 0.15) is 17.1 Å². The molecular formula is C12H11F3N4O. The van der Waals surface area contributed by atoms with Crippen molar-refractivity contribution in [2.75, 3.05) is 0 Å². The molecule has 0 aliphatic carbocycles. The molecule has 0 atom stereocenters. The summed E-state index contributed by atoms with van der Waals surface area (Å²) in [6.45, 7) is 1.87. The standard InChI is InChI=1S/C12H11F3N4O/c1-8-16-5-4-11(19-8)20-18-7-10-3-2-9(6-17-10)12(13,14)15/h2-6,18H,7H2,1H3. The molecule has 2 heterocycles. The smallest absolute Gasteiger partial charge is 0.388 e. The average molecular weight is 284 g/mol. The summed E-state index contributed by atoms with van der Waals surface area (Å²) in [4.78, 5) is 16.7. The van der Waals surface area contributed by atoms with Crippen LogP contribution in [0.15, 0.2) is 30.6 Å². The summed E-state index contributed by atoms with van der Waals surface area (Å²) in [5, 5.41) is 0. The van der Waals surface area contributed by atoms with Crippen molar-refractivity contribution in [1.82, 2.24) is 20.4 Å². The van der Waals surface area contributed by atoms with E-state index in [9.17, 15) is 13.2 Å². The minimum atomic E-state index is -4.38. The molecule has 0 unspecified atom stereocenters. The highest BCUT2D eigenvalue weighted by Gasteiger charge is 2.30. The van der Waals surface area contributed by atoms with Crippen molar-refractivity contribution in [1.29, 1.82) is 0 Å². The summed E-state index contributed by atoms with van der Waals surface area (Å²) in [6, 6.07) is 3.81. The van der Waals surface area contributed by atoms with Gasteiger partial charge >= 0.3 is 6.18 Å². The Morgan fingerprint density at radius 3 is 2.60 bits per heavy atom. The van der Waals surface area contributed by atoms with Crippen LogP contribution in [-0.4, -0.2) is 15.0 Å². The summed E-state index contributed by atoms with van der Waals surface area (Å²) in [5.41, 5.74) is 2.21. The van der Waals surface area contributed by atoms with E-state index in [1.807, 2.05) is 0 Å². The Kier molecular flexibility index (Phi) is 4.14. The van der Waals surface area contributed by atoms with E-state index in [4.69, 9.17) is 4.84 Å². The van der Waals surface area contributed by atoms with Gasteiger partial charge in [0.15, 0.2) is 0 Å². The van der Waals surface area contributed by atoms with Crippen molar-refractivity contribution >= 4 is 0 Å². The van der Waals surface area contributed by atoms with E-state index in [1.165, 1.54) is 12.3 Å². The normalized spacial score (nSPS) is 11.4. The monoisotopic (exact) mass is 284 g/mol. The molecule has 2 rings (SSSR count). The van der Waals surface area contributed by atoms with E-state index in [0.717, 1.165) is 12.3 Å². The van der Waals surface area contributed by atoms with Crippen molar-refractivity contribution in [2.24, 2.45) is 0 Å². The SMILES string of the molecule is Cc1nccc(ONCc2ccc(C(F)(F)F)cn2)n1. The highest BCUT2D eigenvalue weighted by Crippen LogP contribution is 2.28. The molecular weight excluding hydrogens is 273 g/mol. The largest absolute Gasteiger partial charge is 0.417 e. The van der Waals surface area contributed by atoms with Gasteiger partial charge in [-0.05, 0) is 19.1 Å². The van der Waals surface area contributed by atoms with Gasteiger partial charge in [0.25, 0.3) is 0 Å². The Hall–Kier alpha value is -2.22. The minimum absolute atomic E-state index is 0.154. The van der Waals surface area contributed by atoms with Crippen LogP contribution in [0.4, 0.5) is 13.2 Å². The topological polar surface area (TPSA) is 59.9 Å². The van der Waals surface area contributed by atoms with Crippen molar-refractivity contribution < 1.29 is 18.0 Å². The molecule has 1 N–H and O–H groups in total. The van der Waals surface area contributed by atoms with Gasteiger partial charge in [-0.15, -0.1) is 5.48 Å². The molecule has 0 saturated carbocycles. The third-order valence-corrected chi connectivity index (χ3v) is 2.33. The predicted molar refractivity (Wildman–Crippen MR) is 63.5 cm³/mol. The molecule has 2 aromatic rings. The van der Waals surface area contributed by atoms with Gasteiger partial charge in [0.1, 0.15) is 5.82 Å². The molecule has 0 aliphatic heterocycles. The lowest BCUT2D eigenvalue weighted by molar-refractivity contribution is -0.137. The number of aromatic nitrogens is 3. The van der Waals surface area contributed by atoms with E-state index in [1.54, 1.807) is 13.0 Å². The Bertz CT molecular complexity index is 572. The van der Waals surface area contributed by atoms with Crippen molar-refractivity contribution in [3.8, 4) is 5.88 Å². The molecule has 0 aliphatic rings. The highest BCUT2D eigenvalue weighted by atomic mass is 19.4. The number of hydrogen-bond donors (Lipinski definition) is 1. The zero-order valence-electron chi connectivity index (χ0n) is 10.5. The number of hydrogen-bond acceptors (Lipinski definition) is 5. The molecule has 0 aromatic carbocycles. The molecule has 0 radical (unpaired) electrons. The van der Waals surface area contributed by atoms with Crippen LogP contribution in [-0.2, 0) is 12.7 Å². The third kappa shape index (κ3) is 3.89. The van der Waals surface area contributed by atoms with Crippen molar-refractivity contribution in [2.45, 2.75) is 19.6 Å². The maximum absolute atomic E-state index is 12.3. The number of aryl methyl sites for hydroxylation is 1. The van der Waals surface area contributed by atoms with Crippen molar-refractivity contribution in [3.63, 3.8) is 0 Å². The Balaban J connectivity index is 1.88. The van der Waals surface area contributed by atoms with Crippen molar-refractivity contribution in [3.05, 3.63) is 47.7 Å². The fourth-order valence-electron chi connectivity index (χ4n) is 1.37. The van der Waals surface area contributed by atoms with Crippen LogP contribution in [0, 0.1) is 6.92 Å².